The third-order valence-electron chi connectivity index (χ3n) is 5.31. The number of Topliss-reactive ketones (excluding diaryl/α,β-unsaturated/α-hetero) is 1. The van der Waals surface area contributed by atoms with Crippen LogP contribution in [-0.2, 0) is 9.59 Å². The van der Waals surface area contributed by atoms with Crippen LogP contribution in [-0.4, -0.2) is 21.8 Å². The summed E-state index contributed by atoms with van der Waals surface area (Å²) < 4.78 is 29.0. The molecule has 4 aromatic rings. The van der Waals surface area contributed by atoms with E-state index >= 15 is 0 Å². The van der Waals surface area contributed by atoms with Gasteiger partial charge in [0.25, 0.3) is 5.78 Å². The first kappa shape index (κ1) is 21.2. The first-order valence-electron chi connectivity index (χ1n) is 9.72. The van der Waals surface area contributed by atoms with E-state index < -0.39 is 35.1 Å². The van der Waals surface area contributed by atoms with Crippen LogP contribution in [0.25, 0.3) is 16.0 Å². The van der Waals surface area contributed by atoms with Gasteiger partial charge < -0.3 is 5.11 Å². The number of amides is 1. The van der Waals surface area contributed by atoms with Crippen molar-refractivity contribution in [3.05, 3.63) is 100 Å². The van der Waals surface area contributed by atoms with Crippen molar-refractivity contribution in [3.63, 3.8) is 0 Å². The zero-order valence-corrected chi connectivity index (χ0v) is 18.2. The zero-order chi connectivity index (χ0) is 23.3. The average Bonchev–Trinajstić information content (AvgIpc) is 3.32. The summed E-state index contributed by atoms with van der Waals surface area (Å²) in [6, 6.07) is 14.4. The summed E-state index contributed by atoms with van der Waals surface area (Å²) >= 11 is 6.90. The number of aliphatic hydroxyl groups is 1. The third kappa shape index (κ3) is 3.57. The summed E-state index contributed by atoms with van der Waals surface area (Å²) in [5.41, 5.74) is 0.393. The van der Waals surface area contributed by atoms with E-state index in [2.05, 4.69) is 4.98 Å². The second-order valence-electron chi connectivity index (χ2n) is 7.31. The number of halogens is 3. The number of benzene rings is 3. The van der Waals surface area contributed by atoms with E-state index in [0.717, 1.165) is 16.2 Å². The van der Waals surface area contributed by atoms with Gasteiger partial charge in [-0.2, -0.15) is 0 Å². The van der Waals surface area contributed by atoms with E-state index in [1.165, 1.54) is 60.7 Å². The van der Waals surface area contributed by atoms with Crippen LogP contribution in [0.5, 0.6) is 0 Å². The van der Waals surface area contributed by atoms with E-state index in [-0.39, 0.29) is 21.8 Å². The molecule has 33 heavy (non-hydrogen) atoms. The van der Waals surface area contributed by atoms with Gasteiger partial charge in [-0.25, -0.2) is 13.8 Å². The summed E-state index contributed by atoms with van der Waals surface area (Å²) in [5, 5.41) is 11.5. The molecule has 5 nitrogen and oxygen atoms in total. The average molecular weight is 483 g/mol. The molecule has 0 bridgehead atoms. The first-order valence-corrected chi connectivity index (χ1v) is 10.9. The monoisotopic (exact) mass is 482 g/mol. The Morgan fingerprint density at radius 1 is 1.03 bits per heavy atom. The van der Waals surface area contributed by atoms with Crippen LogP contribution in [0.15, 0.2) is 72.3 Å². The number of fused-ring (bicyclic) bond motifs is 1. The van der Waals surface area contributed by atoms with Gasteiger partial charge in [0, 0.05) is 16.1 Å². The van der Waals surface area contributed by atoms with Crippen molar-refractivity contribution in [2.75, 3.05) is 4.90 Å². The number of nitrogens with zero attached hydrogens (tertiary/aromatic N) is 2. The smallest absolute Gasteiger partial charge is 0.301 e. The summed E-state index contributed by atoms with van der Waals surface area (Å²) in [6.07, 6.45) is 0. The van der Waals surface area contributed by atoms with Crippen molar-refractivity contribution in [2.45, 2.75) is 6.04 Å². The molecular weight excluding hydrogens is 470 g/mol. The van der Waals surface area contributed by atoms with Gasteiger partial charge in [0.2, 0.25) is 0 Å². The standard InChI is InChI=1S/C24H13ClF2N2O3S/c25-13-7-5-12(6-8-13)21(30)19-20(15-3-1-2-4-16(15)27)29(23(32)22(19)31)24-28-17-10-9-14(26)11-18(17)33-24/h1-11,20,30H/b21-19+. The Balaban J connectivity index is 1.75. The predicted molar refractivity (Wildman–Crippen MR) is 122 cm³/mol. The largest absolute Gasteiger partial charge is 0.507 e. The fourth-order valence-electron chi connectivity index (χ4n) is 3.77. The van der Waals surface area contributed by atoms with Crippen molar-refractivity contribution in [2.24, 2.45) is 0 Å². The SMILES string of the molecule is O=C1C(=O)N(c2nc3ccc(F)cc3s2)C(c2ccccc2F)/C1=C(\O)c1ccc(Cl)cc1. The third-order valence-corrected chi connectivity index (χ3v) is 6.58. The highest BCUT2D eigenvalue weighted by Crippen LogP contribution is 2.45. The molecule has 1 aliphatic rings. The van der Waals surface area contributed by atoms with Crippen molar-refractivity contribution in [3.8, 4) is 0 Å². The molecule has 1 N–H and O–H groups in total. The minimum Gasteiger partial charge on any atom is -0.507 e. The molecule has 164 valence electrons. The van der Waals surface area contributed by atoms with Gasteiger partial charge in [0.1, 0.15) is 23.4 Å². The number of carbonyl (C=O) groups excluding carboxylic acids is 2. The first-order chi connectivity index (χ1) is 15.8. The van der Waals surface area contributed by atoms with E-state index in [0.29, 0.717) is 15.2 Å². The van der Waals surface area contributed by atoms with Crippen LogP contribution < -0.4 is 4.90 Å². The lowest BCUT2D eigenvalue weighted by Gasteiger charge is -2.23. The molecular formula is C24H13ClF2N2O3S. The molecule has 3 aromatic carbocycles. The Bertz CT molecular complexity index is 1470. The quantitative estimate of drug-likeness (QED) is 0.226. The molecule has 1 amide bonds. The van der Waals surface area contributed by atoms with E-state index in [1.807, 2.05) is 0 Å². The van der Waals surface area contributed by atoms with E-state index in [9.17, 15) is 23.5 Å². The number of aliphatic hydroxyl groups excluding tert-OH is 1. The number of hydrogen-bond acceptors (Lipinski definition) is 5. The molecule has 0 radical (unpaired) electrons. The molecule has 2 heterocycles. The summed E-state index contributed by atoms with van der Waals surface area (Å²) in [5.74, 6) is -3.57. The second-order valence-corrected chi connectivity index (χ2v) is 8.75. The molecule has 0 aliphatic carbocycles. The Labute approximate surface area is 195 Å². The van der Waals surface area contributed by atoms with Crippen LogP contribution >= 0.6 is 22.9 Å². The van der Waals surface area contributed by atoms with Gasteiger partial charge in [-0.1, -0.05) is 41.1 Å². The normalized spacial score (nSPS) is 17.8. The number of thiazole rings is 1. The maximum Gasteiger partial charge on any atom is 0.301 e. The molecule has 1 aromatic heterocycles. The van der Waals surface area contributed by atoms with Gasteiger partial charge in [-0.15, -0.1) is 0 Å². The Hall–Kier alpha value is -3.62. The van der Waals surface area contributed by atoms with Crippen molar-refractivity contribution < 1.29 is 23.5 Å². The topological polar surface area (TPSA) is 70.5 Å². The summed E-state index contributed by atoms with van der Waals surface area (Å²) in [4.78, 5) is 31.6. The molecule has 1 aliphatic heterocycles. The minimum absolute atomic E-state index is 0.0117. The van der Waals surface area contributed by atoms with Gasteiger partial charge >= 0.3 is 5.91 Å². The van der Waals surface area contributed by atoms with Crippen LogP contribution in [0, 0.1) is 11.6 Å². The van der Waals surface area contributed by atoms with E-state index in [1.54, 1.807) is 6.07 Å². The number of ketones is 1. The Morgan fingerprint density at radius 3 is 2.48 bits per heavy atom. The molecule has 1 saturated heterocycles. The minimum atomic E-state index is -1.27. The van der Waals surface area contributed by atoms with Crippen molar-refractivity contribution in [1.29, 1.82) is 0 Å². The highest BCUT2D eigenvalue weighted by molar-refractivity contribution is 7.22. The van der Waals surface area contributed by atoms with Crippen LogP contribution in [0.3, 0.4) is 0 Å². The Morgan fingerprint density at radius 2 is 1.76 bits per heavy atom. The zero-order valence-electron chi connectivity index (χ0n) is 16.6. The van der Waals surface area contributed by atoms with Crippen LogP contribution in [0.4, 0.5) is 13.9 Å². The maximum atomic E-state index is 14.9. The highest BCUT2D eigenvalue weighted by atomic mass is 35.5. The number of rotatable bonds is 3. The summed E-state index contributed by atoms with van der Waals surface area (Å²) in [7, 11) is 0. The van der Waals surface area contributed by atoms with Gasteiger partial charge in [0.05, 0.1) is 15.8 Å². The second kappa shape index (κ2) is 8.06. The van der Waals surface area contributed by atoms with Gasteiger partial charge in [-0.3, -0.25) is 14.5 Å². The fourth-order valence-corrected chi connectivity index (χ4v) is 4.92. The predicted octanol–water partition coefficient (Wildman–Crippen LogP) is 5.85. The molecule has 0 saturated carbocycles. The Kier molecular flexibility index (Phi) is 5.19. The molecule has 1 atom stereocenters. The molecule has 5 rings (SSSR count). The number of aromatic nitrogens is 1. The molecule has 9 heteroatoms. The van der Waals surface area contributed by atoms with Crippen molar-refractivity contribution >= 4 is 55.7 Å². The molecule has 0 spiro atoms. The van der Waals surface area contributed by atoms with Gasteiger partial charge in [0.15, 0.2) is 5.13 Å². The maximum absolute atomic E-state index is 14.9. The highest BCUT2D eigenvalue weighted by Gasteiger charge is 2.49. The number of hydrogen-bond donors (Lipinski definition) is 1. The van der Waals surface area contributed by atoms with Gasteiger partial charge in [-0.05, 0) is 48.5 Å². The van der Waals surface area contributed by atoms with E-state index in [4.69, 9.17) is 11.6 Å². The number of anilines is 1. The fraction of sp³-hybridized carbons (Fsp3) is 0.0417. The van der Waals surface area contributed by atoms with Crippen LogP contribution in [0.1, 0.15) is 17.2 Å². The lowest BCUT2D eigenvalue weighted by molar-refractivity contribution is -0.132. The lowest BCUT2D eigenvalue weighted by Crippen LogP contribution is -2.29. The number of carbonyl (C=O) groups is 2. The molecule has 1 fully saturated rings. The van der Waals surface area contributed by atoms with Crippen LogP contribution in [0.2, 0.25) is 5.02 Å². The lowest BCUT2D eigenvalue weighted by atomic mass is 9.95. The van der Waals surface area contributed by atoms with Crippen molar-refractivity contribution in [1.82, 2.24) is 4.98 Å². The summed E-state index contributed by atoms with van der Waals surface area (Å²) in [6.45, 7) is 0. The molecule has 1 unspecified atom stereocenters.